The van der Waals surface area contributed by atoms with Crippen LogP contribution in [0.2, 0.25) is 0 Å². The predicted octanol–water partition coefficient (Wildman–Crippen LogP) is 7.09. The molecule has 0 aromatic heterocycles. The van der Waals surface area contributed by atoms with E-state index in [1.165, 1.54) is 0 Å². The van der Waals surface area contributed by atoms with Crippen molar-refractivity contribution in [2.24, 2.45) is 11.7 Å². The number of hydrogen-bond donors (Lipinski definition) is 3. The van der Waals surface area contributed by atoms with Crippen molar-refractivity contribution in [1.82, 2.24) is 10.2 Å². The molecule has 6 aromatic rings. The zero-order chi connectivity index (χ0) is 45.2. The molecule has 0 bridgehead atoms. The number of anilines is 1. The van der Waals surface area contributed by atoms with Crippen LogP contribution in [0.15, 0.2) is 158 Å². The number of amides is 4. The van der Waals surface area contributed by atoms with Gasteiger partial charge in [0.05, 0.1) is 43.4 Å². The number of morpholine rings is 1. The first-order chi connectivity index (χ1) is 31.6. The average molecular weight is 867 g/mol. The smallest absolute Gasteiger partial charge is 0.329 e. The maximum Gasteiger partial charge on any atom is 0.329 e. The highest BCUT2D eigenvalue weighted by atomic mass is 16.6. The lowest BCUT2D eigenvalue weighted by molar-refractivity contribution is -0.178. The van der Waals surface area contributed by atoms with E-state index >= 15 is 4.79 Å². The summed E-state index contributed by atoms with van der Waals surface area (Å²) in [4.78, 5) is 63.6. The number of esters is 1. The number of nitrogens with two attached hydrogens (primary N) is 1. The molecule has 3 aliphatic rings. The lowest BCUT2D eigenvalue weighted by Gasteiger charge is -2.46. The van der Waals surface area contributed by atoms with E-state index in [2.05, 4.69) is 17.2 Å². The Morgan fingerprint density at radius 3 is 2.00 bits per heavy atom. The van der Waals surface area contributed by atoms with Crippen LogP contribution in [0.3, 0.4) is 0 Å². The van der Waals surface area contributed by atoms with E-state index in [0.29, 0.717) is 39.3 Å². The third-order valence-corrected chi connectivity index (χ3v) is 12.6. The van der Waals surface area contributed by atoms with E-state index in [1.807, 2.05) is 115 Å². The monoisotopic (exact) mass is 866 g/mol. The molecule has 6 aromatic carbocycles. The van der Waals surface area contributed by atoms with Gasteiger partial charge in [-0.05, 0) is 89.3 Å². The number of cyclic esters (lactones) is 1. The maximum absolute atomic E-state index is 16.2. The van der Waals surface area contributed by atoms with E-state index in [0.717, 1.165) is 16.0 Å². The van der Waals surface area contributed by atoms with Crippen LogP contribution >= 0.6 is 0 Å². The minimum Gasteiger partial charge on any atom is -0.497 e. The number of aliphatic hydroxyl groups excluding tert-OH is 1. The van der Waals surface area contributed by atoms with Gasteiger partial charge in [0.1, 0.15) is 35.7 Å². The molecule has 4 amide bonds. The molecule has 7 atom stereocenters. The lowest BCUT2D eigenvalue weighted by Crippen LogP contribution is -2.55. The van der Waals surface area contributed by atoms with Crippen LogP contribution in [-0.2, 0) is 24.5 Å². The number of imide groups is 1. The molecule has 0 aliphatic carbocycles. The minimum absolute atomic E-state index is 0.0447. The zero-order valence-corrected chi connectivity index (χ0v) is 35.7. The fraction of sp³-hybridized carbons (Fsp3) is 0.208. The average Bonchev–Trinajstić information content (AvgIpc) is 3.80. The van der Waals surface area contributed by atoms with Crippen molar-refractivity contribution < 1.29 is 38.5 Å². The second kappa shape index (κ2) is 17.8. The van der Waals surface area contributed by atoms with E-state index in [4.69, 9.17) is 19.9 Å². The summed E-state index contributed by atoms with van der Waals surface area (Å²) in [6.07, 6.45) is -0.899. The molecule has 3 aliphatic heterocycles. The first-order valence-electron chi connectivity index (χ1n) is 21.4. The lowest BCUT2D eigenvalue weighted by atomic mass is 9.65. The van der Waals surface area contributed by atoms with Crippen molar-refractivity contribution in [3.05, 3.63) is 197 Å². The minimum atomic E-state index is -2.01. The number of nitrogens with one attached hydrogen (secondary N) is 1. The number of carbonyl (C=O) groups is 4. The second-order valence-electron chi connectivity index (χ2n) is 16.2. The van der Waals surface area contributed by atoms with Crippen LogP contribution in [0.5, 0.6) is 11.5 Å². The fourth-order valence-corrected chi connectivity index (χ4v) is 9.82. The Kier molecular flexibility index (Phi) is 11.7. The van der Waals surface area contributed by atoms with Crippen LogP contribution in [0.1, 0.15) is 70.1 Å². The number of methoxy groups -OCH3 is 1. The Balaban J connectivity index is 1.30. The number of aliphatic hydroxyl groups is 1. The summed E-state index contributed by atoms with van der Waals surface area (Å²) in [5, 5.41) is 12.6. The number of benzene rings is 6. The van der Waals surface area contributed by atoms with E-state index in [-0.39, 0.29) is 18.9 Å². The van der Waals surface area contributed by atoms with Gasteiger partial charge in [-0.2, -0.15) is 0 Å². The highest BCUT2D eigenvalue weighted by Gasteiger charge is 2.75. The first kappa shape index (κ1) is 42.6. The van der Waals surface area contributed by atoms with Crippen molar-refractivity contribution in [3.63, 3.8) is 0 Å². The normalized spacial score (nSPS) is 22.5. The molecule has 65 heavy (non-hydrogen) atoms. The summed E-state index contributed by atoms with van der Waals surface area (Å²) in [7, 11) is 1.58. The molecule has 3 heterocycles. The summed E-state index contributed by atoms with van der Waals surface area (Å²) in [5.41, 5.74) is 9.01. The summed E-state index contributed by atoms with van der Waals surface area (Å²) < 4.78 is 17.5. The first-order valence-corrected chi connectivity index (χ1v) is 21.4. The molecule has 4 N–H and O–H groups in total. The molecule has 2 fully saturated rings. The van der Waals surface area contributed by atoms with Crippen LogP contribution in [0, 0.1) is 17.8 Å². The second-order valence-corrected chi connectivity index (χ2v) is 16.2. The number of carbonyl (C=O) groups excluding carboxylic acids is 4. The molecule has 9 rings (SSSR count). The Morgan fingerprint density at radius 2 is 1.37 bits per heavy atom. The quantitative estimate of drug-likeness (QED) is 0.0966. The van der Waals surface area contributed by atoms with Gasteiger partial charge in [-0.25, -0.2) is 9.69 Å². The van der Waals surface area contributed by atoms with Gasteiger partial charge in [-0.15, -0.1) is 0 Å². The van der Waals surface area contributed by atoms with Crippen molar-refractivity contribution in [2.45, 2.75) is 42.6 Å². The van der Waals surface area contributed by atoms with Crippen LogP contribution in [-0.4, -0.2) is 60.2 Å². The van der Waals surface area contributed by atoms with Gasteiger partial charge in [-0.1, -0.05) is 115 Å². The Labute approximate surface area is 376 Å². The molecular formula is C53H46N4O8. The standard InChI is InChI=1S/C53H46N4O8/c1-33(36-12-6-3-7-13-36)55-52(62)56-43-29-22-35(19-18-34-20-25-40(63-2)26-21-34)32-42(43)53(51(56)61)44(49(54)59)46-50(60)65-47(38-16-10-5-11-17-38)45(37-14-8-4-9-15-37)57(46)48(53)39-23-27-41(28-24-39)64-31-30-58/h3-17,20-29,32-33,44-48,58H,30-31H2,1-2H3,(H2,54,59)(H,55,62)/t33-,44-,45-,46-,47+,48+,53-/m1/s1. The Hall–Kier alpha value is -7.72. The molecule has 0 unspecified atom stereocenters. The summed E-state index contributed by atoms with van der Waals surface area (Å²) in [6.45, 7) is 1.65. The Bertz CT molecular complexity index is 2790. The van der Waals surface area contributed by atoms with Gasteiger partial charge < -0.3 is 30.4 Å². The van der Waals surface area contributed by atoms with Gasteiger partial charge in [0, 0.05) is 11.1 Å². The van der Waals surface area contributed by atoms with Crippen molar-refractivity contribution >= 4 is 29.5 Å². The molecule has 0 saturated carbocycles. The molecule has 12 heteroatoms. The zero-order valence-electron chi connectivity index (χ0n) is 35.7. The molecule has 12 nitrogen and oxygen atoms in total. The number of fused-ring (bicyclic) bond motifs is 3. The topological polar surface area (TPSA) is 161 Å². The third kappa shape index (κ3) is 7.54. The maximum atomic E-state index is 16.2. The predicted molar refractivity (Wildman–Crippen MR) is 243 cm³/mol. The molecule has 2 saturated heterocycles. The van der Waals surface area contributed by atoms with Crippen LogP contribution in [0.4, 0.5) is 10.5 Å². The van der Waals surface area contributed by atoms with Gasteiger partial charge >= 0.3 is 12.0 Å². The third-order valence-electron chi connectivity index (χ3n) is 12.6. The highest BCUT2D eigenvalue weighted by molar-refractivity contribution is 6.24. The van der Waals surface area contributed by atoms with Gasteiger partial charge in [0.15, 0.2) is 0 Å². The number of urea groups is 1. The van der Waals surface area contributed by atoms with Crippen molar-refractivity contribution in [2.75, 3.05) is 25.2 Å². The number of rotatable bonds is 10. The summed E-state index contributed by atoms with van der Waals surface area (Å²) in [6, 6.07) is 42.9. The number of ether oxygens (including phenoxy) is 3. The largest absolute Gasteiger partial charge is 0.497 e. The molecule has 1 spiro atoms. The van der Waals surface area contributed by atoms with Gasteiger partial charge in [0.2, 0.25) is 11.8 Å². The van der Waals surface area contributed by atoms with Gasteiger partial charge in [-0.3, -0.25) is 19.3 Å². The summed E-state index contributed by atoms with van der Waals surface area (Å²) >= 11 is 0. The van der Waals surface area contributed by atoms with E-state index in [9.17, 15) is 19.5 Å². The van der Waals surface area contributed by atoms with Crippen LogP contribution < -0.4 is 25.4 Å². The molecular weight excluding hydrogens is 821 g/mol. The van der Waals surface area contributed by atoms with Crippen molar-refractivity contribution in [3.8, 4) is 23.3 Å². The molecule has 326 valence electrons. The summed E-state index contributed by atoms with van der Waals surface area (Å²) in [5.74, 6) is 3.55. The van der Waals surface area contributed by atoms with E-state index < -0.39 is 65.4 Å². The highest BCUT2D eigenvalue weighted by Crippen LogP contribution is 2.65. The van der Waals surface area contributed by atoms with Gasteiger partial charge in [0.25, 0.3) is 0 Å². The molecule has 0 radical (unpaired) electrons. The number of primary amides is 1. The number of hydrogen-bond acceptors (Lipinski definition) is 9. The van der Waals surface area contributed by atoms with E-state index in [1.54, 1.807) is 61.7 Å². The Morgan fingerprint density at radius 1 is 0.769 bits per heavy atom. The fourth-order valence-electron chi connectivity index (χ4n) is 9.82. The number of nitrogens with zero attached hydrogens (tertiary/aromatic N) is 2. The van der Waals surface area contributed by atoms with Crippen molar-refractivity contribution in [1.29, 1.82) is 0 Å². The van der Waals surface area contributed by atoms with Crippen LogP contribution in [0.25, 0.3) is 0 Å². The SMILES string of the molecule is COc1ccc(C#Cc2ccc3c(c2)[C@]2(C(=O)N3C(=O)N[C@H](C)c3ccccc3)[C@H](c3ccc(OCCO)cc3)N3[C@H](c4ccccc4)[C@H](c4ccccc4)OC(=O)[C@H]3[C@@H]2C(N)=O)cc1.